The Balaban J connectivity index is 2.43. The molecule has 2 aromatic rings. The van der Waals surface area contributed by atoms with Gasteiger partial charge in [0, 0.05) is 18.0 Å². The highest BCUT2D eigenvalue weighted by Gasteiger charge is 2.12. The molecule has 1 aromatic heterocycles. The van der Waals surface area contributed by atoms with Gasteiger partial charge in [0.2, 0.25) is 5.91 Å². The first-order chi connectivity index (χ1) is 9.52. The van der Waals surface area contributed by atoms with Gasteiger partial charge in [-0.05, 0) is 32.0 Å². The van der Waals surface area contributed by atoms with Crippen LogP contribution in [0, 0.1) is 6.92 Å². The summed E-state index contributed by atoms with van der Waals surface area (Å²) in [6.07, 6.45) is 0. The number of anilines is 1. The zero-order chi connectivity index (χ0) is 14.7. The van der Waals surface area contributed by atoms with E-state index >= 15 is 0 Å². The van der Waals surface area contributed by atoms with E-state index in [0.717, 1.165) is 22.3 Å². The van der Waals surface area contributed by atoms with Crippen molar-refractivity contribution < 1.29 is 14.3 Å². The molecular weight excluding hydrogens is 256 g/mol. The number of hydrogen-bond donors (Lipinski definition) is 1. The number of aryl methyl sites for hydroxylation is 1. The summed E-state index contributed by atoms with van der Waals surface area (Å²) in [5, 5.41) is 3.72. The number of hydrogen-bond acceptors (Lipinski definition) is 3. The molecule has 1 amide bonds. The van der Waals surface area contributed by atoms with Gasteiger partial charge in [0.1, 0.15) is 6.54 Å². The van der Waals surface area contributed by atoms with Gasteiger partial charge in [-0.2, -0.15) is 0 Å². The molecule has 5 nitrogen and oxygen atoms in total. The van der Waals surface area contributed by atoms with Gasteiger partial charge in [0.05, 0.1) is 17.8 Å². The van der Waals surface area contributed by atoms with E-state index < -0.39 is 0 Å². The van der Waals surface area contributed by atoms with Crippen molar-refractivity contribution in [2.24, 2.45) is 0 Å². The number of carbonyl (C=O) groups is 2. The van der Waals surface area contributed by atoms with Gasteiger partial charge in [-0.25, -0.2) is 0 Å². The van der Waals surface area contributed by atoms with Crippen molar-refractivity contribution in [1.82, 2.24) is 4.57 Å². The normalized spacial score (nSPS) is 10.6. The van der Waals surface area contributed by atoms with Crippen LogP contribution in [-0.4, -0.2) is 23.1 Å². The highest BCUT2D eigenvalue weighted by atomic mass is 16.5. The monoisotopic (exact) mass is 274 g/mol. The first-order valence-electron chi connectivity index (χ1n) is 6.55. The van der Waals surface area contributed by atoms with Crippen molar-refractivity contribution in [3.63, 3.8) is 0 Å². The van der Waals surface area contributed by atoms with Crippen molar-refractivity contribution in [1.29, 1.82) is 0 Å². The molecule has 106 valence electrons. The molecule has 0 fully saturated rings. The first-order valence-corrected chi connectivity index (χ1v) is 6.55. The summed E-state index contributed by atoms with van der Waals surface area (Å²) in [6.45, 7) is 5.73. The van der Waals surface area contributed by atoms with Crippen molar-refractivity contribution in [3.05, 3.63) is 30.0 Å². The molecule has 0 spiro atoms. The van der Waals surface area contributed by atoms with Crippen LogP contribution in [0.5, 0.6) is 0 Å². The van der Waals surface area contributed by atoms with Crippen LogP contribution < -0.4 is 5.32 Å². The average molecular weight is 274 g/mol. The smallest absolute Gasteiger partial charge is 0.325 e. The van der Waals surface area contributed by atoms with Crippen LogP contribution in [0.15, 0.2) is 24.3 Å². The third kappa shape index (κ3) is 2.82. The Kier molecular flexibility index (Phi) is 4.08. The predicted molar refractivity (Wildman–Crippen MR) is 77.6 cm³/mol. The lowest BCUT2D eigenvalue weighted by atomic mass is 10.2. The lowest BCUT2D eigenvalue weighted by Gasteiger charge is -2.08. The van der Waals surface area contributed by atoms with Gasteiger partial charge >= 0.3 is 5.97 Å². The van der Waals surface area contributed by atoms with Crippen molar-refractivity contribution >= 4 is 28.5 Å². The summed E-state index contributed by atoms with van der Waals surface area (Å²) < 4.78 is 6.87. The van der Waals surface area contributed by atoms with Gasteiger partial charge in [-0.3, -0.25) is 9.59 Å². The standard InChI is InChI=1S/C15H18N2O3/c1-4-20-15(19)9-17-10(2)8-12-13(16-11(3)18)6-5-7-14(12)17/h5-8H,4,9H2,1-3H3,(H,16,18). The van der Waals surface area contributed by atoms with E-state index in [0.29, 0.717) is 6.61 Å². The van der Waals surface area contributed by atoms with Gasteiger partial charge in [0.15, 0.2) is 0 Å². The second kappa shape index (κ2) is 5.77. The SMILES string of the molecule is CCOC(=O)Cn1c(C)cc2c(NC(C)=O)cccc21. The molecule has 2 rings (SSSR count). The van der Waals surface area contributed by atoms with Gasteiger partial charge in [-0.15, -0.1) is 0 Å². The summed E-state index contributed by atoms with van der Waals surface area (Å²) in [5.74, 6) is -0.383. The minimum atomic E-state index is -0.266. The fraction of sp³-hybridized carbons (Fsp3) is 0.333. The highest BCUT2D eigenvalue weighted by Crippen LogP contribution is 2.27. The Morgan fingerprint density at radius 3 is 2.75 bits per heavy atom. The molecule has 0 aliphatic rings. The maximum absolute atomic E-state index is 11.7. The largest absolute Gasteiger partial charge is 0.465 e. The van der Waals surface area contributed by atoms with E-state index in [1.165, 1.54) is 6.92 Å². The van der Waals surface area contributed by atoms with E-state index in [9.17, 15) is 9.59 Å². The van der Waals surface area contributed by atoms with E-state index in [1.807, 2.05) is 35.8 Å². The van der Waals surface area contributed by atoms with E-state index in [-0.39, 0.29) is 18.4 Å². The first kappa shape index (κ1) is 14.1. The van der Waals surface area contributed by atoms with Gasteiger partial charge in [0.25, 0.3) is 0 Å². The molecule has 0 aliphatic carbocycles. The van der Waals surface area contributed by atoms with Crippen molar-refractivity contribution in [2.75, 3.05) is 11.9 Å². The molecule has 0 atom stereocenters. The number of ether oxygens (including phenoxy) is 1. The van der Waals surface area contributed by atoms with E-state index in [1.54, 1.807) is 6.92 Å². The lowest BCUT2D eigenvalue weighted by Crippen LogP contribution is -2.14. The topological polar surface area (TPSA) is 60.3 Å². The molecule has 0 saturated heterocycles. The molecule has 1 N–H and O–H groups in total. The molecule has 1 heterocycles. The number of amides is 1. The number of carbonyl (C=O) groups excluding carboxylic acids is 2. The number of nitrogens with zero attached hydrogens (tertiary/aromatic N) is 1. The number of nitrogens with one attached hydrogen (secondary N) is 1. The fourth-order valence-electron chi connectivity index (χ4n) is 2.26. The number of benzene rings is 1. The summed E-state index contributed by atoms with van der Waals surface area (Å²) in [5.41, 5.74) is 2.60. The zero-order valence-electron chi connectivity index (χ0n) is 11.9. The van der Waals surface area contributed by atoms with E-state index in [2.05, 4.69) is 5.32 Å². The molecule has 0 saturated carbocycles. The Bertz CT molecular complexity index is 658. The van der Waals surface area contributed by atoms with Crippen LogP contribution in [-0.2, 0) is 20.9 Å². The quantitative estimate of drug-likeness (QED) is 0.871. The van der Waals surface area contributed by atoms with Crippen LogP contribution in [0.3, 0.4) is 0 Å². The number of aromatic nitrogens is 1. The Labute approximate surface area is 117 Å². The predicted octanol–water partition coefficient (Wildman–Crippen LogP) is 2.47. The maximum Gasteiger partial charge on any atom is 0.325 e. The summed E-state index contributed by atoms with van der Waals surface area (Å²) in [4.78, 5) is 22.9. The van der Waals surface area contributed by atoms with Crippen LogP contribution in [0.2, 0.25) is 0 Å². The molecule has 1 aromatic carbocycles. The summed E-state index contributed by atoms with van der Waals surface area (Å²) >= 11 is 0. The number of rotatable bonds is 4. The van der Waals surface area contributed by atoms with Crippen molar-refractivity contribution in [2.45, 2.75) is 27.3 Å². The van der Waals surface area contributed by atoms with Gasteiger partial charge < -0.3 is 14.6 Å². The fourth-order valence-corrected chi connectivity index (χ4v) is 2.26. The van der Waals surface area contributed by atoms with Crippen LogP contribution in [0.25, 0.3) is 10.9 Å². The van der Waals surface area contributed by atoms with Crippen LogP contribution in [0.1, 0.15) is 19.5 Å². The van der Waals surface area contributed by atoms with E-state index in [4.69, 9.17) is 4.74 Å². The molecule has 0 aliphatic heterocycles. The molecule has 5 heteroatoms. The second-order valence-electron chi connectivity index (χ2n) is 4.60. The third-order valence-electron chi connectivity index (χ3n) is 3.06. The molecule has 0 radical (unpaired) electrons. The summed E-state index contributed by atoms with van der Waals surface area (Å²) in [7, 11) is 0. The maximum atomic E-state index is 11.7. The molecule has 0 bridgehead atoms. The number of esters is 1. The Hall–Kier alpha value is -2.30. The van der Waals surface area contributed by atoms with Crippen molar-refractivity contribution in [3.8, 4) is 0 Å². The second-order valence-corrected chi connectivity index (χ2v) is 4.60. The summed E-state index contributed by atoms with van der Waals surface area (Å²) in [6, 6.07) is 7.58. The minimum absolute atomic E-state index is 0.117. The average Bonchev–Trinajstić information content (AvgIpc) is 2.67. The Morgan fingerprint density at radius 2 is 2.10 bits per heavy atom. The molecule has 0 unspecified atom stereocenters. The number of fused-ring (bicyclic) bond motifs is 1. The van der Waals surface area contributed by atoms with Crippen LogP contribution >= 0.6 is 0 Å². The lowest BCUT2D eigenvalue weighted by molar-refractivity contribution is -0.143. The molecule has 20 heavy (non-hydrogen) atoms. The Morgan fingerprint density at radius 1 is 1.35 bits per heavy atom. The molecular formula is C15H18N2O3. The third-order valence-corrected chi connectivity index (χ3v) is 3.06. The minimum Gasteiger partial charge on any atom is -0.465 e. The zero-order valence-corrected chi connectivity index (χ0v) is 11.9. The van der Waals surface area contributed by atoms with Gasteiger partial charge in [-0.1, -0.05) is 6.07 Å². The van der Waals surface area contributed by atoms with Crippen LogP contribution in [0.4, 0.5) is 5.69 Å². The highest BCUT2D eigenvalue weighted by molar-refractivity contribution is 6.01.